The monoisotopic (exact) mass is 530 g/mol. The summed E-state index contributed by atoms with van der Waals surface area (Å²) in [6.45, 7) is 2.61. The maximum absolute atomic E-state index is 13.1. The van der Waals surface area contributed by atoms with Crippen molar-refractivity contribution in [3.05, 3.63) is 47.0 Å². The second kappa shape index (κ2) is 11.6. The number of fused-ring (bicyclic) bond motifs is 1. The zero-order chi connectivity index (χ0) is 27.4. The van der Waals surface area contributed by atoms with Crippen LogP contribution in [0.15, 0.2) is 30.3 Å². The summed E-state index contributed by atoms with van der Waals surface area (Å²) in [7, 11) is 1.21. The third kappa shape index (κ3) is 6.09. The molecule has 2 aromatic carbocycles. The second-order valence-electron chi connectivity index (χ2n) is 9.45. The Hall–Kier alpha value is -4.02. The molecule has 38 heavy (non-hydrogen) atoms. The number of carbonyl (C=O) groups is 3. The Balaban J connectivity index is 1.49. The van der Waals surface area contributed by atoms with Crippen LogP contribution in [0.25, 0.3) is 0 Å². The zero-order valence-electron chi connectivity index (χ0n) is 21.5. The van der Waals surface area contributed by atoms with Crippen molar-refractivity contribution in [3.63, 3.8) is 0 Å². The first-order valence-electron chi connectivity index (χ1n) is 12.4. The van der Waals surface area contributed by atoms with Gasteiger partial charge in [-0.15, -0.1) is 0 Å². The minimum Gasteiger partial charge on any atom is -0.490 e. The number of carboxylic acid groups (broad SMARTS) is 1. The van der Waals surface area contributed by atoms with Gasteiger partial charge in [0.15, 0.2) is 0 Å². The lowest BCUT2D eigenvalue weighted by Gasteiger charge is -2.23. The van der Waals surface area contributed by atoms with Gasteiger partial charge in [-0.1, -0.05) is 6.07 Å². The number of methoxy groups -OCH3 is 1. The van der Waals surface area contributed by atoms with Gasteiger partial charge in [0.25, 0.3) is 0 Å². The third-order valence-corrected chi connectivity index (χ3v) is 6.48. The number of amides is 2. The van der Waals surface area contributed by atoms with E-state index in [0.717, 1.165) is 5.56 Å². The highest BCUT2D eigenvalue weighted by molar-refractivity contribution is 5.96. The summed E-state index contributed by atoms with van der Waals surface area (Å²) >= 11 is 0. The number of nitrogens with zero attached hydrogens (tertiary/aromatic N) is 1. The fourth-order valence-electron chi connectivity index (χ4n) is 4.63. The molecule has 2 heterocycles. The first-order valence-corrected chi connectivity index (χ1v) is 12.4. The maximum Gasteiger partial charge on any atom is 0.407 e. The van der Waals surface area contributed by atoms with Crippen LogP contribution >= 0.6 is 0 Å². The fourth-order valence-corrected chi connectivity index (χ4v) is 4.63. The average molecular weight is 531 g/mol. The predicted molar refractivity (Wildman–Crippen MR) is 135 cm³/mol. The molecule has 2 aliphatic heterocycles. The molecule has 10 nitrogen and oxygen atoms in total. The molecular formula is C27H31FN2O8. The van der Waals surface area contributed by atoms with E-state index in [4.69, 9.17) is 18.9 Å². The minimum absolute atomic E-state index is 0.00202. The zero-order valence-corrected chi connectivity index (χ0v) is 21.5. The number of halogens is 1. The number of aryl methyl sites for hydroxylation is 2. The first-order chi connectivity index (χ1) is 18.2. The molecule has 0 bridgehead atoms. The molecule has 4 rings (SSSR count). The summed E-state index contributed by atoms with van der Waals surface area (Å²) in [5.74, 6) is 0.0267. The Morgan fingerprint density at radius 2 is 1.97 bits per heavy atom. The SMILES string of the molecule is COC(=O)c1c(OC[C@H]2C[C@H](Oc3ccc4c(c3)NC(=O)CC4)CN2C(=O)O)cc(C)cc1OC(C)CF. The van der Waals surface area contributed by atoms with E-state index >= 15 is 0 Å². The normalized spacial score (nSPS) is 19.3. The molecule has 1 fully saturated rings. The summed E-state index contributed by atoms with van der Waals surface area (Å²) in [4.78, 5) is 37.5. The van der Waals surface area contributed by atoms with Crippen molar-refractivity contribution >= 4 is 23.7 Å². The molecule has 0 radical (unpaired) electrons. The molecule has 0 saturated carbocycles. The van der Waals surface area contributed by atoms with Crippen molar-refractivity contribution in [1.29, 1.82) is 0 Å². The predicted octanol–water partition coefficient (Wildman–Crippen LogP) is 3.98. The van der Waals surface area contributed by atoms with Crippen molar-refractivity contribution in [1.82, 2.24) is 4.90 Å². The van der Waals surface area contributed by atoms with Crippen LogP contribution in [-0.4, -0.2) is 73.2 Å². The maximum atomic E-state index is 13.1. The molecule has 204 valence electrons. The summed E-state index contributed by atoms with van der Waals surface area (Å²) in [6.07, 6.45) is -0.924. The number of esters is 1. The van der Waals surface area contributed by atoms with Gasteiger partial charge >= 0.3 is 12.1 Å². The van der Waals surface area contributed by atoms with Crippen molar-refractivity contribution in [3.8, 4) is 17.2 Å². The number of alkyl halides is 1. The Bertz CT molecular complexity index is 1220. The average Bonchev–Trinajstić information content (AvgIpc) is 3.29. The molecule has 0 spiro atoms. The van der Waals surface area contributed by atoms with E-state index in [2.05, 4.69) is 5.32 Å². The number of benzene rings is 2. The van der Waals surface area contributed by atoms with Crippen molar-refractivity contribution in [2.75, 3.05) is 32.3 Å². The largest absolute Gasteiger partial charge is 0.490 e. The molecule has 2 aliphatic rings. The van der Waals surface area contributed by atoms with E-state index in [0.29, 0.717) is 36.3 Å². The van der Waals surface area contributed by atoms with E-state index in [1.54, 1.807) is 31.2 Å². The summed E-state index contributed by atoms with van der Waals surface area (Å²) < 4.78 is 35.6. The Morgan fingerprint density at radius 3 is 2.68 bits per heavy atom. The van der Waals surface area contributed by atoms with Gasteiger partial charge in [-0.2, -0.15) is 0 Å². The molecule has 2 aromatic rings. The minimum atomic E-state index is -1.12. The lowest BCUT2D eigenvalue weighted by molar-refractivity contribution is -0.116. The van der Waals surface area contributed by atoms with Crippen LogP contribution in [-0.2, 0) is 16.0 Å². The van der Waals surface area contributed by atoms with Crippen LogP contribution in [0, 0.1) is 6.92 Å². The van der Waals surface area contributed by atoms with Crippen LogP contribution in [0.4, 0.5) is 14.9 Å². The van der Waals surface area contributed by atoms with E-state index in [1.807, 2.05) is 6.07 Å². The van der Waals surface area contributed by atoms with Gasteiger partial charge in [-0.05, 0) is 49.6 Å². The lowest BCUT2D eigenvalue weighted by atomic mass is 10.0. The number of nitrogens with one attached hydrogen (secondary N) is 1. The molecule has 1 saturated heterocycles. The molecule has 0 aliphatic carbocycles. The fraction of sp³-hybridized carbons (Fsp3) is 0.444. The highest BCUT2D eigenvalue weighted by atomic mass is 19.1. The van der Waals surface area contributed by atoms with Crippen LogP contribution < -0.4 is 19.5 Å². The number of carbonyl (C=O) groups excluding carboxylic acids is 2. The first kappa shape index (κ1) is 27.0. The quantitative estimate of drug-likeness (QED) is 0.467. The molecule has 0 aromatic heterocycles. The standard InChI is InChI=1S/C27H31FN2O8/c1-15-8-22(25(26(32)35-3)23(9-15)37-16(2)12-28)36-14-18-10-20(13-30(18)27(33)34)38-19-6-4-17-5-7-24(31)29-21(17)11-19/h4,6,8-9,11,16,18,20H,5,7,10,12-14H2,1-3H3,(H,29,31)(H,33,34)/t16?,18-,20+/m1/s1. The number of hydrogen-bond acceptors (Lipinski definition) is 7. The Labute approximate surface area is 219 Å². The molecular weight excluding hydrogens is 499 g/mol. The van der Waals surface area contributed by atoms with Gasteiger partial charge < -0.3 is 29.4 Å². The highest BCUT2D eigenvalue weighted by Gasteiger charge is 2.37. The molecule has 11 heteroatoms. The number of hydrogen-bond donors (Lipinski definition) is 2. The topological polar surface area (TPSA) is 124 Å². The van der Waals surface area contributed by atoms with Gasteiger partial charge in [0.05, 0.1) is 19.7 Å². The number of likely N-dealkylation sites (tertiary alicyclic amines) is 1. The Morgan fingerprint density at radius 1 is 1.21 bits per heavy atom. The molecule has 1 unspecified atom stereocenters. The molecule has 2 N–H and O–H groups in total. The summed E-state index contributed by atoms with van der Waals surface area (Å²) in [5, 5.41) is 12.6. The van der Waals surface area contributed by atoms with Gasteiger partial charge in [-0.25, -0.2) is 14.0 Å². The molecule has 2 amide bonds. The second-order valence-corrected chi connectivity index (χ2v) is 9.45. The van der Waals surface area contributed by atoms with Crippen molar-refractivity contribution in [2.24, 2.45) is 0 Å². The lowest BCUT2D eigenvalue weighted by Crippen LogP contribution is -2.38. The summed E-state index contributed by atoms with van der Waals surface area (Å²) in [6, 6.07) is 8.10. The van der Waals surface area contributed by atoms with Crippen LogP contribution in [0.5, 0.6) is 17.2 Å². The van der Waals surface area contributed by atoms with Gasteiger partial charge in [0, 0.05) is 24.6 Å². The van der Waals surface area contributed by atoms with Crippen molar-refractivity contribution < 1.29 is 42.8 Å². The van der Waals surface area contributed by atoms with Crippen molar-refractivity contribution in [2.45, 2.75) is 51.4 Å². The smallest absolute Gasteiger partial charge is 0.407 e. The number of rotatable bonds is 9. The number of anilines is 1. The molecule has 3 atom stereocenters. The van der Waals surface area contributed by atoms with Gasteiger partial charge in [-0.3, -0.25) is 9.69 Å². The van der Waals surface area contributed by atoms with E-state index in [-0.39, 0.29) is 36.1 Å². The van der Waals surface area contributed by atoms with E-state index in [9.17, 15) is 23.9 Å². The third-order valence-electron chi connectivity index (χ3n) is 6.48. The Kier molecular flexibility index (Phi) is 8.23. The van der Waals surface area contributed by atoms with Crippen LogP contribution in [0.3, 0.4) is 0 Å². The van der Waals surface area contributed by atoms with Gasteiger partial charge in [0.2, 0.25) is 5.91 Å². The van der Waals surface area contributed by atoms with E-state index < -0.39 is 37.0 Å². The van der Waals surface area contributed by atoms with Gasteiger partial charge in [0.1, 0.15) is 48.3 Å². The van der Waals surface area contributed by atoms with E-state index in [1.165, 1.54) is 18.9 Å². The van der Waals surface area contributed by atoms with Crippen LogP contribution in [0.2, 0.25) is 0 Å². The highest BCUT2D eigenvalue weighted by Crippen LogP contribution is 2.34. The van der Waals surface area contributed by atoms with Crippen LogP contribution in [0.1, 0.15) is 41.3 Å². The number of ether oxygens (including phenoxy) is 4. The summed E-state index contributed by atoms with van der Waals surface area (Å²) in [5.41, 5.74) is 2.42.